The van der Waals surface area contributed by atoms with Crippen molar-refractivity contribution in [1.29, 1.82) is 0 Å². The highest BCUT2D eigenvalue weighted by Crippen LogP contribution is 2.23. The van der Waals surface area contributed by atoms with Gasteiger partial charge in [0, 0.05) is 16.4 Å². The number of aryl methyl sites for hydroxylation is 1. The predicted octanol–water partition coefficient (Wildman–Crippen LogP) is 4.52. The number of rotatable bonds is 6. The molecular formula is C17H16ClN3O2S2. The van der Waals surface area contributed by atoms with Gasteiger partial charge in [0.05, 0.1) is 11.9 Å². The number of hydrogen-bond donors (Lipinski definition) is 2. The van der Waals surface area contributed by atoms with Crippen molar-refractivity contribution in [3.63, 3.8) is 0 Å². The maximum absolute atomic E-state index is 12.3. The molecule has 0 aliphatic heterocycles. The largest absolute Gasteiger partial charge is 0.380 e. The molecule has 3 rings (SSSR count). The lowest BCUT2D eigenvalue weighted by Crippen LogP contribution is -2.12. The molecule has 0 aliphatic rings. The zero-order valence-corrected chi connectivity index (χ0v) is 15.8. The average molecular weight is 394 g/mol. The molecule has 5 nitrogen and oxygen atoms in total. The van der Waals surface area contributed by atoms with E-state index in [-0.39, 0.29) is 10.0 Å². The maximum atomic E-state index is 12.3. The number of anilines is 2. The first-order valence-corrected chi connectivity index (χ1v) is 10.1. The van der Waals surface area contributed by atoms with Crippen LogP contribution >= 0.6 is 22.9 Å². The first-order valence-electron chi connectivity index (χ1n) is 7.46. The molecule has 0 amide bonds. The van der Waals surface area contributed by atoms with E-state index in [2.05, 4.69) is 15.0 Å². The molecule has 2 heterocycles. The Morgan fingerprint density at radius 3 is 2.44 bits per heavy atom. The van der Waals surface area contributed by atoms with Gasteiger partial charge in [0.2, 0.25) is 0 Å². The predicted molar refractivity (Wildman–Crippen MR) is 103 cm³/mol. The van der Waals surface area contributed by atoms with Crippen LogP contribution < -0.4 is 10.0 Å². The van der Waals surface area contributed by atoms with Crippen molar-refractivity contribution in [2.45, 2.75) is 17.7 Å². The molecule has 0 radical (unpaired) electrons. The van der Waals surface area contributed by atoms with Crippen LogP contribution in [-0.2, 0) is 16.6 Å². The summed E-state index contributed by atoms with van der Waals surface area (Å²) < 4.78 is 27.3. The standard InChI is InChI=1S/C17H16ClN3O2S2/c1-12-2-9-17(24-12)25(22,23)21-16-8-7-15(11-20-16)19-10-13-3-5-14(18)6-4-13/h2-9,11,19H,10H2,1H3,(H,20,21). The summed E-state index contributed by atoms with van der Waals surface area (Å²) in [7, 11) is -3.59. The van der Waals surface area contributed by atoms with Crippen LogP contribution in [0.3, 0.4) is 0 Å². The molecule has 130 valence electrons. The molecule has 0 atom stereocenters. The first-order chi connectivity index (χ1) is 11.9. The van der Waals surface area contributed by atoms with Gasteiger partial charge in [-0.1, -0.05) is 23.7 Å². The Bertz CT molecular complexity index is 952. The van der Waals surface area contributed by atoms with Crippen LogP contribution in [0, 0.1) is 6.92 Å². The van der Waals surface area contributed by atoms with Crippen LogP contribution in [0.5, 0.6) is 0 Å². The second kappa shape index (κ2) is 7.43. The van der Waals surface area contributed by atoms with Gasteiger partial charge in [0.15, 0.2) is 0 Å². The second-order valence-electron chi connectivity index (χ2n) is 5.38. The highest BCUT2D eigenvalue weighted by Gasteiger charge is 2.16. The number of nitrogens with zero attached hydrogens (tertiary/aromatic N) is 1. The summed E-state index contributed by atoms with van der Waals surface area (Å²) >= 11 is 7.08. The Balaban J connectivity index is 1.63. The van der Waals surface area contributed by atoms with E-state index in [0.717, 1.165) is 16.1 Å². The van der Waals surface area contributed by atoms with Crippen molar-refractivity contribution in [3.8, 4) is 0 Å². The number of pyridine rings is 1. The van der Waals surface area contributed by atoms with Crippen LogP contribution in [-0.4, -0.2) is 13.4 Å². The Hall–Kier alpha value is -2.09. The van der Waals surface area contributed by atoms with E-state index < -0.39 is 10.0 Å². The number of benzene rings is 1. The number of halogens is 1. The smallest absolute Gasteiger partial charge is 0.272 e. The molecule has 25 heavy (non-hydrogen) atoms. The molecule has 1 aromatic carbocycles. The zero-order chi connectivity index (χ0) is 17.9. The molecule has 0 fully saturated rings. The summed E-state index contributed by atoms with van der Waals surface area (Å²) in [5.74, 6) is 0.281. The van der Waals surface area contributed by atoms with E-state index >= 15 is 0 Å². The molecule has 0 unspecified atom stereocenters. The van der Waals surface area contributed by atoms with Gasteiger partial charge >= 0.3 is 0 Å². The fourth-order valence-corrected chi connectivity index (χ4v) is 4.53. The highest BCUT2D eigenvalue weighted by atomic mass is 35.5. The quantitative estimate of drug-likeness (QED) is 0.646. The van der Waals surface area contributed by atoms with Crippen molar-refractivity contribution < 1.29 is 8.42 Å². The molecule has 3 aromatic rings. The van der Waals surface area contributed by atoms with E-state index in [4.69, 9.17) is 11.6 Å². The third-order valence-electron chi connectivity index (χ3n) is 3.39. The van der Waals surface area contributed by atoms with E-state index in [1.54, 1.807) is 30.5 Å². The Morgan fingerprint density at radius 1 is 1.08 bits per heavy atom. The summed E-state index contributed by atoms with van der Waals surface area (Å²) in [4.78, 5) is 5.09. The maximum Gasteiger partial charge on any atom is 0.272 e. The van der Waals surface area contributed by atoms with Gasteiger partial charge in [0.1, 0.15) is 10.0 Å². The van der Waals surface area contributed by atoms with E-state index in [9.17, 15) is 8.42 Å². The molecule has 0 aliphatic carbocycles. The SMILES string of the molecule is Cc1ccc(S(=O)(=O)Nc2ccc(NCc3ccc(Cl)cc3)cn2)s1. The molecule has 2 N–H and O–H groups in total. The lowest BCUT2D eigenvalue weighted by Gasteiger charge is -2.08. The van der Waals surface area contributed by atoms with Gasteiger partial charge in [-0.05, 0) is 48.9 Å². The number of sulfonamides is 1. The average Bonchev–Trinajstić information content (AvgIpc) is 3.03. The minimum absolute atomic E-state index is 0.275. The van der Waals surface area contributed by atoms with Crippen molar-refractivity contribution in [1.82, 2.24) is 4.98 Å². The van der Waals surface area contributed by atoms with E-state index in [1.807, 2.05) is 31.2 Å². The fourth-order valence-electron chi connectivity index (χ4n) is 2.11. The van der Waals surface area contributed by atoms with Gasteiger partial charge in [-0.25, -0.2) is 13.4 Å². The van der Waals surface area contributed by atoms with Crippen LogP contribution in [0.25, 0.3) is 0 Å². The molecule has 0 spiro atoms. The Labute approximate surface area is 155 Å². The molecular weight excluding hydrogens is 378 g/mol. The monoisotopic (exact) mass is 393 g/mol. The summed E-state index contributed by atoms with van der Waals surface area (Å²) in [6.07, 6.45) is 1.59. The van der Waals surface area contributed by atoms with Crippen molar-refractivity contribution >= 4 is 44.5 Å². The van der Waals surface area contributed by atoms with Gasteiger partial charge in [-0.15, -0.1) is 11.3 Å². The number of thiophene rings is 1. The number of hydrogen-bond acceptors (Lipinski definition) is 5. The third-order valence-corrected chi connectivity index (χ3v) is 6.49. The van der Waals surface area contributed by atoms with Gasteiger partial charge in [0.25, 0.3) is 10.0 Å². The molecule has 2 aromatic heterocycles. The summed E-state index contributed by atoms with van der Waals surface area (Å²) in [5.41, 5.74) is 1.88. The van der Waals surface area contributed by atoms with Gasteiger partial charge in [-0.2, -0.15) is 0 Å². The second-order valence-corrected chi connectivity index (χ2v) is 9.02. The minimum atomic E-state index is -3.59. The molecule has 0 bridgehead atoms. The van der Waals surface area contributed by atoms with Crippen LogP contribution in [0.1, 0.15) is 10.4 Å². The summed E-state index contributed by atoms with van der Waals surface area (Å²) in [6, 6.07) is 14.3. The van der Waals surface area contributed by atoms with Crippen LogP contribution in [0.2, 0.25) is 5.02 Å². The van der Waals surface area contributed by atoms with E-state index in [1.165, 1.54) is 11.3 Å². The highest BCUT2D eigenvalue weighted by molar-refractivity contribution is 7.94. The third kappa shape index (κ3) is 4.72. The molecule has 0 saturated carbocycles. The minimum Gasteiger partial charge on any atom is -0.380 e. The number of aromatic nitrogens is 1. The fraction of sp³-hybridized carbons (Fsp3) is 0.118. The van der Waals surface area contributed by atoms with Gasteiger partial charge < -0.3 is 5.32 Å². The van der Waals surface area contributed by atoms with Crippen molar-refractivity contribution in [2.24, 2.45) is 0 Å². The lowest BCUT2D eigenvalue weighted by molar-refractivity contribution is 0.603. The van der Waals surface area contributed by atoms with Crippen LogP contribution in [0.4, 0.5) is 11.5 Å². The first kappa shape index (κ1) is 17.7. The molecule has 0 saturated heterocycles. The summed E-state index contributed by atoms with van der Waals surface area (Å²) in [6.45, 7) is 2.49. The summed E-state index contributed by atoms with van der Waals surface area (Å²) in [5, 5.41) is 3.92. The Kier molecular flexibility index (Phi) is 5.27. The topological polar surface area (TPSA) is 71.1 Å². The number of nitrogens with one attached hydrogen (secondary N) is 2. The van der Waals surface area contributed by atoms with E-state index in [0.29, 0.717) is 11.6 Å². The Morgan fingerprint density at radius 2 is 1.84 bits per heavy atom. The zero-order valence-electron chi connectivity index (χ0n) is 13.4. The van der Waals surface area contributed by atoms with Crippen molar-refractivity contribution in [3.05, 3.63) is 70.2 Å². The van der Waals surface area contributed by atoms with Crippen LogP contribution in [0.15, 0.2) is 58.9 Å². The van der Waals surface area contributed by atoms with Crippen molar-refractivity contribution in [2.75, 3.05) is 10.0 Å². The molecule has 8 heteroatoms. The lowest BCUT2D eigenvalue weighted by atomic mass is 10.2. The normalized spacial score (nSPS) is 11.3. The van der Waals surface area contributed by atoms with Gasteiger partial charge in [-0.3, -0.25) is 4.72 Å².